The van der Waals surface area contributed by atoms with E-state index in [1.165, 1.54) is 5.57 Å². The van der Waals surface area contributed by atoms with Gasteiger partial charge in [0.2, 0.25) is 0 Å². The van der Waals surface area contributed by atoms with Crippen LogP contribution in [0.2, 0.25) is 0 Å². The minimum atomic E-state index is -0.259. The lowest BCUT2D eigenvalue weighted by Crippen LogP contribution is -2.37. The van der Waals surface area contributed by atoms with Crippen molar-refractivity contribution in [3.8, 4) is 0 Å². The van der Waals surface area contributed by atoms with Gasteiger partial charge in [-0.25, -0.2) is 0 Å². The standard InChI is InChI=1S/C14H30N2O/c1-11(2)16(10-14(5)17)9-8-12(3)6-7-13(4)15/h6,11,13-14,17H,7-10,15H2,1-5H3/b12-6+/t13?,14-/m0/s1. The zero-order valence-corrected chi connectivity index (χ0v) is 12.1. The highest BCUT2D eigenvalue weighted by Crippen LogP contribution is 2.08. The maximum absolute atomic E-state index is 9.44. The van der Waals surface area contributed by atoms with Crippen LogP contribution >= 0.6 is 0 Å². The van der Waals surface area contributed by atoms with Crippen LogP contribution in [-0.2, 0) is 0 Å². The normalized spacial score (nSPS) is 16.6. The molecule has 0 saturated carbocycles. The lowest BCUT2D eigenvalue weighted by atomic mass is 10.1. The second kappa shape index (κ2) is 8.67. The predicted octanol–water partition coefficient (Wildman–Crippen LogP) is 2.15. The van der Waals surface area contributed by atoms with Gasteiger partial charge in [0.25, 0.3) is 0 Å². The molecule has 2 atom stereocenters. The highest BCUT2D eigenvalue weighted by atomic mass is 16.3. The topological polar surface area (TPSA) is 49.5 Å². The fourth-order valence-electron chi connectivity index (χ4n) is 1.71. The first-order valence-corrected chi connectivity index (χ1v) is 6.66. The Balaban J connectivity index is 4.07. The average molecular weight is 242 g/mol. The van der Waals surface area contributed by atoms with E-state index in [4.69, 9.17) is 5.73 Å². The van der Waals surface area contributed by atoms with Crippen LogP contribution in [0.3, 0.4) is 0 Å². The number of nitrogens with zero attached hydrogens (tertiary/aromatic N) is 1. The molecule has 17 heavy (non-hydrogen) atoms. The fraction of sp³-hybridized carbons (Fsp3) is 0.857. The third kappa shape index (κ3) is 9.33. The first-order chi connectivity index (χ1) is 7.82. The van der Waals surface area contributed by atoms with E-state index in [-0.39, 0.29) is 12.1 Å². The zero-order valence-electron chi connectivity index (χ0n) is 12.1. The molecule has 0 rings (SSSR count). The molecule has 0 spiro atoms. The Morgan fingerprint density at radius 2 is 1.88 bits per heavy atom. The van der Waals surface area contributed by atoms with E-state index in [9.17, 15) is 5.11 Å². The molecule has 0 amide bonds. The first kappa shape index (κ1) is 16.6. The third-order valence-electron chi connectivity index (χ3n) is 2.86. The van der Waals surface area contributed by atoms with E-state index in [0.29, 0.717) is 6.04 Å². The molecule has 0 saturated heterocycles. The van der Waals surface area contributed by atoms with Gasteiger partial charge >= 0.3 is 0 Å². The van der Waals surface area contributed by atoms with Gasteiger partial charge < -0.3 is 10.8 Å². The zero-order chi connectivity index (χ0) is 13.4. The summed E-state index contributed by atoms with van der Waals surface area (Å²) in [5, 5.41) is 9.44. The second-order valence-electron chi connectivity index (χ2n) is 5.45. The van der Waals surface area contributed by atoms with Crippen molar-refractivity contribution in [2.45, 2.75) is 65.6 Å². The fourth-order valence-corrected chi connectivity index (χ4v) is 1.71. The summed E-state index contributed by atoms with van der Waals surface area (Å²) in [6, 6.07) is 0.717. The molecule has 0 fully saturated rings. The second-order valence-corrected chi connectivity index (χ2v) is 5.45. The Bertz CT molecular complexity index is 222. The van der Waals surface area contributed by atoms with Gasteiger partial charge in [0, 0.05) is 25.2 Å². The van der Waals surface area contributed by atoms with Crippen molar-refractivity contribution >= 4 is 0 Å². The summed E-state index contributed by atoms with van der Waals surface area (Å²) < 4.78 is 0. The van der Waals surface area contributed by atoms with E-state index in [0.717, 1.165) is 25.9 Å². The SMILES string of the molecule is C/C(=C\CC(C)N)CCN(C[C@H](C)O)C(C)C. The number of rotatable bonds is 8. The summed E-state index contributed by atoms with van der Waals surface area (Å²) in [6.45, 7) is 12.1. The molecule has 0 aromatic carbocycles. The van der Waals surface area contributed by atoms with Gasteiger partial charge in [0.15, 0.2) is 0 Å². The van der Waals surface area contributed by atoms with Crippen LogP contribution in [-0.4, -0.2) is 41.3 Å². The number of hydrogen-bond acceptors (Lipinski definition) is 3. The smallest absolute Gasteiger partial charge is 0.0639 e. The van der Waals surface area contributed by atoms with Crippen LogP contribution in [0.4, 0.5) is 0 Å². The van der Waals surface area contributed by atoms with Gasteiger partial charge in [0.05, 0.1) is 6.10 Å². The molecule has 3 N–H and O–H groups in total. The van der Waals surface area contributed by atoms with Crippen LogP contribution in [0.1, 0.15) is 47.5 Å². The maximum atomic E-state index is 9.44. The summed E-state index contributed by atoms with van der Waals surface area (Å²) in [4.78, 5) is 2.31. The minimum absolute atomic E-state index is 0.239. The molecule has 3 heteroatoms. The minimum Gasteiger partial charge on any atom is -0.392 e. The lowest BCUT2D eigenvalue weighted by Gasteiger charge is -2.27. The lowest BCUT2D eigenvalue weighted by molar-refractivity contribution is 0.108. The van der Waals surface area contributed by atoms with Gasteiger partial charge in [0.1, 0.15) is 0 Å². The molecular formula is C14H30N2O. The summed E-state index contributed by atoms with van der Waals surface area (Å²) in [7, 11) is 0. The Morgan fingerprint density at radius 1 is 1.29 bits per heavy atom. The maximum Gasteiger partial charge on any atom is 0.0639 e. The van der Waals surface area contributed by atoms with E-state index in [1.807, 2.05) is 13.8 Å². The summed E-state index contributed by atoms with van der Waals surface area (Å²) in [5.74, 6) is 0. The molecule has 0 aliphatic rings. The summed E-state index contributed by atoms with van der Waals surface area (Å²) in [6.07, 6.45) is 3.97. The molecule has 0 aliphatic carbocycles. The Labute approximate surface area is 107 Å². The van der Waals surface area contributed by atoms with Gasteiger partial charge in [-0.1, -0.05) is 11.6 Å². The number of aliphatic hydroxyl groups is 1. The quantitative estimate of drug-likeness (QED) is 0.641. The van der Waals surface area contributed by atoms with E-state index >= 15 is 0 Å². The van der Waals surface area contributed by atoms with Crippen molar-refractivity contribution < 1.29 is 5.11 Å². The van der Waals surface area contributed by atoms with Gasteiger partial charge in [-0.2, -0.15) is 0 Å². The molecule has 1 unspecified atom stereocenters. The Hall–Kier alpha value is -0.380. The molecule has 0 aromatic heterocycles. The molecule has 0 aromatic rings. The summed E-state index contributed by atoms with van der Waals surface area (Å²) >= 11 is 0. The molecule has 0 aliphatic heterocycles. The Kier molecular flexibility index (Phi) is 8.48. The first-order valence-electron chi connectivity index (χ1n) is 6.66. The number of nitrogens with two attached hydrogens (primary N) is 1. The highest BCUT2D eigenvalue weighted by molar-refractivity contribution is 4.99. The average Bonchev–Trinajstić information content (AvgIpc) is 2.20. The van der Waals surface area contributed by atoms with Crippen LogP contribution in [0.15, 0.2) is 11.6 Å². The monoisotopic (exact) mass is 242 g/mol. The van der Waals surface area contributed by atoms with Crippen molar-refractivity contribution in [2.24, 2.45) is 5.73 Å². The molecule has 3 nitrogen and oxygen atoms in total. The number of hydrogen-bond donors (Lipinski definition) is 2. The summed E-state index contributed by atoms with van der Waals surface area (Å²) in [5.41, 5.74) is 7.11. The highest BCUT2D eigenvalue weighted by Gasteiger charge is 2.11. The largest absolute Gasteiger partial charge is 0.392 e. The van der Waals surface area contributed by atoms with Crippen molar-refractivity contribution in [1.29, 1.82) is 0 Å². The number of aliphatic hydroxyl groups excluding tert-OH is 1. The van der Waals surface area contributed by atoms with Crippen LogP contribution in [0.5, 0.6) is 0 Å². The van der Waals surface area contributed by atoms with Crippen LogP contribution in [0, 0.1) is 0 Å². The van der Waals surface area contributed by atoms with Gasteiger partial charge in [-0.05, 0) is 47.5 Å². The van der Waals surface area contributed by atoms with Crippen molar-refractivity contribution in [2.75, 3.05) is 13.1 Å². The van der Waals surface area contributed by atoms with E-state index in [1.54, 1.807) is 0 Å². The van der Waals surface area contributed by atoms with Crippen LogP contribution in [0.25, 0.3) is 0 Å². The van der Waals surface area contributed by atoms with Gasteiger partial charge in [-0.3, -0.25) is 4.90 Å². The third-order valence-corrected chi connectivity index (χ3v) is 2.86. The van der Waals surface area contributed by atoms with E-state index < -0.39 is 0 Å². The van der Waals surface area contributed by atoms with Gasteiger partial charge in [-0.15, -0.1) is 0 Å². The van der Waals surface area contributed by atoms with Crippen molar-refractivity contribution in [3.63, 3.8) is 0 Å². The van der Waals surface area contributed by atoms with Crippen LogP contribution < -0.4 is 5.73 Å². The molecule has 102 valence electrons. The van der Waals surface area contributed by atoms with Crippen molar-refractivity contribution in [1.82, 2.24) is 4.90 Å². The predicted molar refractivity (Wildman–Crippen MR) is 75.0 cm³/mol. The molecular weight excluding hydrogens is 212 g/mol. The molecule has 0 bridgehead atoms. The molecule has 0 heterocycles. The molecule has 0 radical (unpaired) electrons. The Morgan fingerprint density at radius 3 is 2.29 bits per heavy atom. The van der Waals surface area contributed by atoms with E-state index in [2.05, 4.69) is 31.7 Å². The van der Waals surface area contributed by atoms with Crippen molar-refractivity contribution in [3.05, 3.63) is 11.6 Å².